The first-order chi connectivity index (χ1) is 11.4. The summed E-state index contributed by atoms with van der Waals surface area (Å²) in [5.74, 6) is -2.08. The van der Waals surface area contributed by atoms with Crippen LogP contribution in [0, 0.1) is 11.6 Å². The Labute approximate surface area is 139 Å². The maximum atomic E-state index is 13.8. The third-order valence-corrected chi connectivity index (χ3v) is 6.20. The van der Waals surface area contributed by atoms with E-state index < -0.39 is 32.7 Å². The first kappa shape index (κ1) is 17.2. The summed E-state index contributed by atoms with van der Waals surface area (Å²) < 4.78 is 58.2. The van der Waals surface area contributed by atoms with E-state index in [-0.39, 0.29) is 32.1 Å². The summed E-state index contributed by atoms with van der Waals surface area (Å²) in [7, 11) is -4.06. The van der Waals surface area contributed by atoms with Gasteiger partial charge < -0.3 is 9.64 Å². The second-order valence-electron chi connectivity index (χ2n) is 5.81. The van der Waals surface area contributed by atoms with Crippen molar-refractivity contribution in [2.24, 2.45) is 0 Å². The molecule has 0 aliphatic carbocycles. The first-order valence-corrected chi connectivity index (χ1v) is 9.19. The molecule has 0 spiro atoms. The van der Waals surface area contributed by atoms with Crippen molar-refractivity contribution >= 4 is 15.9 Å². The van der Waals surface area contributed by atoms with Crippen LogP contribution in [0.2, 0.25) is 0 Å². The van der Waals surface area contributed by atoms with Gasteiger partial charge in [-0.05, 0) is 25.0 Å². The van der Waals surface area contributed by atoms with Gasteiger partial charge in [0.1, 0.15) is 22.6 Å². The number of amides is 1. The lowest BCUT2D eigenvalue weighted by Gasteiger charge is -2.35. The zero-order chi connectivity index (χ0) is 17.3. The smallest absolute Gasteiger partial charge is 0.251 e. The van der Waals surface area contributed by atoms with E-state index >= 15 is 0 Å². The SMILES string of the molecule is O=C([C@H]1CCCO1)N1CCN(S(=O)(=O)c2ccc(F)cc2F)CC1. The number of hydrogen-bond acceptors (Lipinski definition) is 4. The largest absolute Gasteiger partial charge is 0.368 e. The molecule has 6 nitrogen and oxygen atoms in total. The Kier molecular flexibility index (Phi) is 4.84. The molecule has 0 saturated carbocycles. The summed E-state index contributed by atoms with van der Waals surface area (Å²) in [4.78, 5) is 13.3. The Morgan fingerprint density at radius 1 is 1.17 bits per heavy atom. The van der Waals surface area contributed by atoms with Crippen molar-refractivity contribution < 1.29 is 26.7 Å². The predicted molar refractivity (Wildman–Crippen MR) is 80.7 cm³/mol. The lowest BCUT2D eigenvalue weighted by molar-refractivity contribution is -0.142. The summed E-state index contributed by atoms with van der Waals surface area (Å²) in [6.45, 7) is 1.14. The quantitative estimate of drug-likeness (QED) is 0.806. The number of piperazine rings is 1. The van der Waals surface area contributed by atoms with Gasteiger partial charge in [-0.1, -0.05) is 0 Å². The highest BCUT2D eigenvalue weighted by Crippen LogP contribution is 2.22. The number of benzene rings is 1. The maximum absolute atomic E-state index is 13.8. The van der Waals surface area contributed by atoms with E-state index in [1.54, 1.807) is 4.90 Å². The van der Waals surface area contributed by atoms with E-state index in [1.807, 2.05) is 0 Å². The van der Waals surface area contributed by atoms with Crippen LogP contribution in [0.3, 0.4) is 0 Å². The number of rotatable bonds is 3. The second-order valence-corrected chi connectivity index (χ2v) is 7.71. The number of sulfonamides is 1. The third-order valence-electron chi connectivity index (χ3n) is 4.27. The molecule has 2 saturated heterocycles. The number of hydrogen-bond donors (Lipinski definition) is 0. The normalized spacial score (nSPS) is 22.8. The molecular formula is C15H18F2N2O4S. The summed E-state index contributed by atoms with van der Waals surface area (Å²) in [6.07, 6.45) is 1.08. The van der Waals surface area contributed by atoms with Crippen LogP contribution in [-0.4, -0.2) is 62.4 Å². The molecule has 3 rings (SSSR count). The fourth-order valence-electron chi connectivity index (χ4n) is 2.95. The van der Waals surface area contributed by atoms with Gasteiger partial charge in [-0.25, -0.2) is 17.2 Å². The molecule has 1 aromatic rings. The van der Waals surface area contributed by atoms with Crippen molar-refractivity contribution in [1.82, 2.24) is 9.21 Å². The minimum Gasteiger partial charge on any atom is -0.368 e. The zero-order valence-corrected chi connectivity index (χ0v) is 13.8. The standard InChI is InChI=1S/C15H18F2N2O4S/c16-11-3-4-14(12(17)10-11)24(21,22)19-7-5-18(6-8-19)15(20)13-2-1-9-23-13/h3-4,10,13H,1-2,5-9H2/t13-/m1/s1. The topological polar surface area (TPSA) is 66.9 Å². The van der Waals surface area contributed by atoms with Gasteiger partial charge in [0.15, 0.2) is 0 Å². The van der Waals surface area contributed by atoms with Crippen LogP contribution in [0.15, 0.2) is 23.1 Å². The average molecular weight is 360 g/mol. The fourth-order valence-corrected chi connectivity index (χ4v) is 4.42. The van der Waals surface area contributed by atoms with Crippen LogP contribution in [-0.2, 0) is 19.6 Å². The Morgan fingerprint density at radius 2 is 1.88 bits per heavy atom. The molecule has 2 heterocycles. The molecular weight excluding hydrogens is 342 g/mol. The zero-order valence-electron chi connectivity index (χ0n) is 13.0. The number of carbonyl (C=O) groups is 1. The van der Waals surface area contributed by atoms with E-state index in [4.69, 9.17) is 4.74 Å². The van der Waals surface area contributed by atoms with E-state index in [0.717, 1.165) is 22.9 Å². The summed E-state index contributed by atoms with van der Waals surface area (Å²) in [6, 6.07) is 2.38. The number of halogens is 2. The summed E-state index contributed by atoms with van der Waals surface area (Å²) in [5, 5.41) is 0. The first-order valence-electron chi connectivity index (χ1n) is 7.75. The van der Waals surface area contributed by atoms with Crippen LogP contribution in [0.4, 0.5) is 8.78 Å². The van der Waals surface area contributed by atoms with Gasteiger partial charge in [0.2, 0.25) is 10.0 Å². The molecule has 2 aliphatic rings. The molecule has 9 heteroatoms. The highest BCUT2D eigenvalue weighted by atomic mass is 32.2. The van der Waals surface area contributed by atoms with Crippen LogP contribution < -0.4 is 0 Å². The van der Waals surface area contributed by atoms with E-state index in [1.165, 1.54) is 0 Å². The maximum Gasteiger partial charge on any atom is 0.251 e. The lowest BCUT2D eigenvalue weighted by atomic mass is 10.2. The number of ether oxygens (including phenoxy) is 1. The molecule has 24 heavy (non-hydrogen) atoms. The minimum absolute atomic E-state index is 0.0671. The van der Waals surface area contributed by atoms with Crippen molar-refractivity contribution in [3.8, 4) is 0 Å². The molecule has 1 amide bonds. The molecule has 2 aliphatic heterocycles. The van der Waals surface area contributed by atoms with Gasteiger partial charge >= 0.3 is 0 Å². The Hall–Kier alpha value is -1.58. The molecule has 0 unspecified atom stereocenters. The second kappa shape index (κ2) is 6.73. The van der Waals surface area contributed by atoms with Crippen LogP contribution in [0.5, 0.6) is 0 Å². The van der Waals surface area contributed by atoms with Gasteiger partial charge in [-0.3, -0.25) is 4.79 Å². The van der Waals surface area contributed by atoms with Crippen LogP contribution >= 0.6 is 0 Å². The lowest BCUT2D eigenvalue weighted by Crippen LogP contribution is -2.52. The van der Waals surface area contributed by atoms with Gasteiger partial charge in [0, 0.05) is 38.9 Å². The Morgan fingerprint density at radius 3 is 2.46 bits per heavy atom. The van der Waals surface area contributed by atoms with Crippen molar-refractivity contribution in [2.75, 3.05) is 32.8 Å². The third kappa shape index (κ3) is 3.28. The molecule has 0 aromatic heterocycles. The monoisotopic (exact) mass is 360 g/mol. The number of nitrogens with zero attached hydrogens (tertiary/aromatic N) is 2. The minimum atomic E-state index is -4.06. The van der Waals surface area contributed by atoms with E-state index in [9.17, 15) is 22.0 Å². The van der Waals surface area contributed by atoms with Crippen LogP contribution in [0.25, 0.3) is 0 Å². The summed E-state index contributed by atoms with van der Waals surface area (Å²) >= 11 is 0. The summed E-state index contributed by atoms with van der Waals surface area (Å²) in [5.41, 5.74) is 0. The predicted octanol–water partition coefficient (Wildman–Crippen LogP) is 0.977. The average Bonchev–Trinajstić information content (AvgIpc) is 3.08. The molecule has 132 valence electrons. The molecule has 2 fully saturated rings. The molecule has 1 atom stereocenters. The van der Waals surface area contributed by atoms with E-state index in [2.05, 4.69) is 0 Å². The van der Waals surface area contributed by atoms with Gasteiger partial charge in [-0.15, -0.1) is 0 Å². The molecule has 1 aromatic carbocycles. The fraction of sp³-hybridized carbons (Fsp3) is 0.533. The van der Waals surface area contributed by atoms with Gasteiger partial charge in [0.25, 0.3) is 5.91 Å². The van der Waals surface area contributed by atoms with Crippen molar-refractivity contribution in [1.29, 1.82) is 0 Å². The Bertz CT molecular complexity index is 727. The molecule has 0 bridgehead atoms. The van der Waals surface area contributed by atoms with Crippen molar-refractivity contribution in [3.63, 3.8) is 0 Å². The van der Waals surface area contributed by atoms with Gasteiger partial charge in [0.05, 0.1) is 0 Å². The highest BCUT2D eigenvalue weighted by molar-refractivity contribution is 7.89. The van der Waals surface area contributed by atoms with Crippen LogP contribution in [0.1, 0.15) is 12.8 Å². The van der Waals surface area contributed by atoms with Crippen molar-refractivity contribution in [3.05, 3.63) is 29.8 Å². The van der Waals surface area contributed by atoms with E-state index in [0.29, 0.717) is 19.1 Å². The van der Waals surface area contributed by atoms with Crippen molar-refractivity contribution in [2.45, 2.75) is 23.8 Å². The number of carbonyl (C=O) groups excluding carboxylic acids is 1. The molecule has 0 radical (unpaired) electrons. The highest BCUT2D eigenvalue weighted by Gasteiger charge is 2.34. The Balaban J connectivity index is 1.68. The molecule has 0 N–H and O–H groups in total. The van der Waals surface area contributed by atoms with Gasteiger partial charge in [-0.2, -0.15) is 4.31 Å².